The van der Waals surface area contributed by atoms with Gasteiger partial charge in [0.2, 0.25) is 5.91 Å². The van der Waals surface area contributed by atoms with E-state index >= 15 is 0 Å². The van der Waals surface area contributed by atoms with E-state index in [1.807, 2.05) is 6.92 Å². The zero-order chi connectivity index (χ0) is 12.1. The molecule has 0 aromatic carbocycles. The number of amides is 1. The largest absolute Gasteiger partial charge is 0.468 e. The minimum atomic E-state index is -0.955. The Balaban J connectivity index is 4.52. The molecule has 0 rings (SSSR count). The van der Waals surface area contributed by atoms with Crippen LogP contribution in [0.15, 0.2) is 0 Å². The van der Waals surface area contributed by atoms with Crippen molar-refractivity contribution in [1.82, 2.24) is 4.90 Å². The molecule has 0 saturated heterocycles. The second-order valence-corrected chi connectivity index (χ2v) is 4.02. The first-order chi connectivity index (χ1) is 6.82. The van der Waals surface area contributed by atoms with Crippen LogP contribution in [-0.2, 0) is 14.3 Å². The molecular formula is C10H20N2O3. The average Bonchev–Trinajstić information content (AvgIpc) is 2.14. The third-order valence-corrected chi connectivity index (χ3v) is 1.88. The number of nitrogens with zero attached hydrogens (tertiary/aromatic N) is 1. The Kier molecular flexibility index (Phi) is 5.28. The lowest BCUT2D eigenvalue weighted by atomic mass is 10.1. The summed E-state index contributed by atoms with van der Waals surface area (Å²) in [5.74, 6) is -0.671. The molecular weight excluding hydrogens is 196 g/mol. The minimum Gasteiger partial charge on any atom is -0.468 e. The van der Waals surface area contributed by atoms with Gasteiger partial charge in [-0.05, 0) is 20.3 Å². The van der Waals surface area contributed by atoms with Crippen LogP contribution in [0.5, 0.6) is 0 Å². The maximum absolute atomic E-state index is 11.8. The van der Waals surface area contributed by atoms with Crippen molar-refractivity contribution in [2.75, 3.05) is 20.2 Å². The number of hydrogen-bond acceptors (Lipinski definition) is 4. The van der Waals surface area contributed by atoms with Crippen molar-refractivity contribution in [2.45, 2.75) is 32.7 Å². The summed E-state index contributed by atoms with van der Waals surface area (Å²) in [6.07, 6.45) is 0.777. The van der Waals surface area contributed by atoms with Gasteiger partial charge >= 0.3 is 5.97 Å². The van der Waals surface area contributed by atoms with Gasteiger partial charge in [-0.3, -0.25) is 9.59 Å². The monoisotopic (exact) mass is 216 g/mol. The van der Waals surface area contributed by atoms with Crippen molar-refractivity contribution in [3.05, 3.63) is 0 Å². The summed E-state index contributed by atoms with van der Waals surface area (Å²) in [5.41, 5.74) is 4.73. The van der Waals surface area contributed by atoms with Crippen LogP contribution in [-0.4, -0.2) is 42.5 Å². The number of carbonyl (C=O) groups excluding carboxylic acids is 2. The molecule has 88 valence electrons. The molecule has 0 atom stereocenters. The normalized spacial score (nSPS) is 11.0. The third-order valence-electron chi connectivity index (χ3n) is 1.88. The van der Waals surface area contributed by atoms with Crippen molar-refractivity contribution in [3.63, 3.8) is 0 Å². The quantitative estimate of drug-likeness (QED) is 0.663. The van der Waals surface area contributed by atoms with E-state index in [4.69, 9.17) is 5.73 Å². The lowest BCUT2D eigenvalue weighted by molar-refractivity contribution is -0.148. The SMILES string of the molecule is CCCN(CC(=O)OC)C(=O)C(C)(C)N. The summed E-state index contributed by atoms with van der Waals surface area (Å²) < 4.78 is 4.52. The van der Waals surface area contributed by atoms with Crippen molar-refractivity contribution in [1.29, 1.82) is 0 Å². The highest BCUT2D eigenvalue weighted by Crippen LogP contribution is 2.05. The van der Waals surface area contributed by atoms with Gasteiger partial charge < -0.3 is 15.4 Å². The van der Waals surface area contributed by atoms with E-state index in [0.29, 0.717) is 6.54 Å². The van der Waals surface area contributed by atoms with Gasteiger partial charge in [0, 0.05) is 6.54 Å². The first kappa shape index (κ1) is 13.9. The Morgan fingerprint density at radius 3 is 2.27 bits per heavy atom. The maximum Gasteiger partial charge on any atom is 0.325 e. The van der Waals surface area contributed by atoms with Crippen LogP contribution >= 0.6 is 0 Å². The number of ether oxygens (including phenoxy) is 1. The number of carbonyl (C=O) groups is 2. The summed E-state index contributed by atoms with van der Waals surface area (Å²) in [7, 11) is 1.30. The predicted octanol–water partition coefficient (Wildman–Crippen LogP) is 0.135. The highest BCUT2D eigenvalue weighted by atomic mass is 16.5. The molecule has 0 unspecified atom stereocenters. The van der Waals surface area contributed by atoms with E-state index < -0.39 is 11.5 Å². The fourth-order valence-electron chi connectivity index (χ4n) is 1.15. The fraction of sp³-hybridized carbons (Fsp3) is 0.800. The lowest BCUT2D eigenvalue weighted by Crippen LogP contribution is -2.52. The Morgan fingerprint density at radius 1 is 1.40 bits per heavy atom. The van der Waals surface area contributed by atoms with E-state index in [2.05, 4.69) is 4.74 Å². The molecule has 0 aliphatic heterocycles. The topological polar surface area (TPSA) is 72.6 Å². The first-order valence-electron chi connectivity index (χ1n) is 4.98. The van der Waals surface area contributed by atoms with Crippen LogP contribution in [0.1, 0.15) is 27.2 Å². The number of methoxy groups -OCH3 is 1. The summed E-state index contributed by atoms with van der Waals surface area (Å²) in [4.78, 5) is 24.3. The van der Waals surface area contributed by atoms with Crippen molar-refractivity contribution >= 4 is 11.9 Å². The zero-order valence-corrected chi connectivity index (χ0v) is 9.87. The molecule has 1 amide bonds. The van der Waals surface area contributed by atoms with Crippen LogP contribution in [0.25, 0.3) is 0 Å². The number of rotatable bonds is 5. The molecule has 0 spiro atoms. The third kappa shape index (κ3) is 4.78. The van der Waals surface area contributed by atoms with Crippen molar-refractivity contribution < 1.29 is 14.3 Å². The highest BCUT2D eigenvalue weighted by Gasteiger charge is 2.28. The predicted molar refractivity (Wildman–Crippen MR) is 57.2 cm³/mol. The second-order valence-electron chi connectivity index (χ2n) is 4.02. The molecule has 5 heteroatoms. The zero-order valence-electron chi connectivity index (χ0n) is 9.87. The van der Waals surface area contributed by atoms with Crippen LogP contribution < -0.4 is 5.73 Å². The average molecular weight is 216 g/mol. The molecule has 0 radical (unpaired) electrons. The molecule has 0 saturated carbocycles. The van der Waals surface area contributed by atoms with Gasteiger partial charge in [0.1, 0.15) is 6.54 Å². The smallest absolute Gasteiger partial charge is 0.325 e. The summed E-state index contributed by atoms with van der Waals surface area (Å²) in [5, 5.41) is 0. The van der Waals surface area contributed by atoms with E-state index in [1.54, 1.807) is 13.8 Å². The highest BCUT2D eigenvalue weighted by molar-refractivity contribution is 5.88. The molecule has 0 aliphatic carbocycles. The van der Waals surface area contributed by atoms with Crippen LogP contribution in [0, 0.1) is 0 Å². The Labute approximate surface area is 90.6 Å². The van der Waals surface area contributed by atoms with Gasteiger partial charge in [0.25, 0.3) is 0 Å². The van der Waals surface area contributed by atoms with Crippen LogP contribution in [0.3, 0.4) is 0 Å². The molecule has 0 aliphatic rings. The molecule has 15 heavy (non-hydrogen) atoms. The molecule has 2 N–H and O–H groups in total. The minimum absolute atomic E-state index is 0.0379. The van der Waals surface area contributed by atoms with E-state index in [1.165, 1.54) is 12.0 Å². The van der Waals surface area contributed by atoms with Gasteiger partial charge in [-0.2, -0.15) is 0 Å². The number of esters is 1. The molecule has 0 fully saturated rings. The summed E-state index contributed by atoms with van der Waals surface area (Å²) in [6.45, 7) is 5.64. The van der Waals surface area contributed by atoms with Crippen LogP contribution in [0.2, 0.25) is 0 Å². The molecule has 5 nitrogen and oxygen atoms in total. The molecule has 0 aromatic rings. The van der Waals surface area contributed by atoms with Gasteiger partial charge in [-0.1, -0.05) is 6.92 Å². The summed E-state index contributed by atoms with van der Waals surface area (Å²) in [6, 6.07) is 0. The van der Waals surface area contributed by atoms with Crippen molar-refractivity contribution in [3.8, 4) is 0 Å². The Morgan fingerprint density at radius 2 is 1.93 bits per heavy atom. The Hall–Kier alpha value is -1.10. The van der Waals surface area contributed by atoms with Gasteiger partial charge in [-0.15, -0.1) is 0 Å². The lowest BCUT2D eigenvalue weighted by Gasteiger charge is -2.28. The number of nitrogens with two attached hydrogens (primary N) is 1. The Bertz CT molecular complexity index is 233. The molecule has 0 bridgehead atoms. The molecule has 0 aromatic heterocycles. The standard InChI is InChI=1S/C10H20N2O3/c1-5-6-12(7-8(13)15-4)9(14)10(2,3)11/h5-7,11H2,1-4H3. The molecule has 0 heterocycles. The number of hydrogen-bond donors (Lipinski definition) is 1. The van der Waals surface area contributed by atoms with E-state index in [0.717, 1.165) is 6.42 Å². The summed E-state index contributed by atoms with van der Waals surface area (Å²) >= 11 is 0. The van der Waals surface area contributed by atoms with E-state index in [9.17, 15) is 9.59 Å². The van der Waals surface area contributed by atoms with Gasteiger partial charge in [0.05, 0.1) is 12.6 Å². The second kappa shape index (κ2) is 5.70. The fourth-order valence-corrected chi connectivity index (χ4v) is 1.15. The van der Waals surface area contributed by atoms with E-state index in [-0.39, 0.29) is 12.5 Å². The van der Waals surface area contributed by atoms with Crippen molar-refractivity contribution in [2.24, 2.45) is 5.73 Å². The van der Waals surface area contributed by atoms with Gasteiger partial charge in [0.15, 0.2) is 0 Å². The van der Waals surface area contributed by atoms with Crippen LogP contribution in [0.4, 0.5) is 0 Å². The maximum atomic E-state index is 11.8. The van der Waals surface area contributed by atoms with Gasteiger partial charge in [-0.25, -0.2) is 0 Å². The first-order valence-corrected chi connectivity index (χ1v) is 4.98.